The molecule has 0 unspecified atom stereocenters. The summed E-state index contributed by atoms with van der Waals surface area (Å²) in [6, 6.07) is 20.8. The van der Waals surface area contributed by atoms with Crippen LogP contribution in [0.15, 0.2) is 65.1 Å². The Kier molecular flexibility index (Phi) is 7.46. The highest BCUT2D eigenvalue weighted by atomic mass is 35.5. The molecule has 0 saturated heterocycles. The molecule has 3 aromatic carbocycles. The van der Waals surface area contributed by atoms with Crippen molar-refractivity contribution in [2.75, 3.05) is 0 Å². The van der Waals surface area contributed by atoms with E-state index in [4.69, 9.17) is 17.3 Å². The molecule has 3 nitrogen and oxygen atoms in total. The molecular formula is C18H18ClN3S2. The fraction of sp³-hybridized carbons (Fsp3) is 0.0556. The van der Waals surface area contributed by atoms with E-state index in [0.717, 1.165) is 10.8 Å². The van der Waals surface area contributed by atoms with Crippen LogP contribution in [0.2, 0.25) is 5.02 Å². The molecule has 6 heteroatoms. The molecule has 0 radical (unpaired) electrons. The molecule has 0 aliphatic rings. The summed E-state index contributed by atoms with van der Waals surface area (Å²) in [5, 5.41) is 7.41. The van der Waals surface area contributed by atoms with Gasteiger partial charge in [-0.2, -0.15) is 0 Å². The van der Waals surface area contributed by atoms with Crippen LogP contribution in [-0.4, -0.2) is 6.34 Å². The number of nitrogens with zero attached hydrogens (tertiary/aromatic N) is 1. The molecule has 0 atom stereocenters. The van der Waals surface area contributed by atoms with Gasteiger partial charge in [-0.25, -0.2) is 4.40 Å². The third-order valence-corrected chi connectivity index (χ3v) is 4.45. The summed E-state index contributed by atoms with van der Waals surface area (Å²) in [6.07, 6.45) is 1.32. The Balaban J connectivity index is 0.00000100. The molecular weight excluding hydrogens is 358 g/mol. The number of hydrogen-bond acceptors (Lipinski definition) is 4. The van der Waals surface area contributed by atoms with Gasteiger partial charge in [-0.05, 0) is 51.5 Å². The molecule has 24 heavy (non-hydrogen) atoms. The van der Waals surface area contributed by atoms with E-state index in [1.165, 1.54) is 45.7 Å². The lowest BCUT2D eigenvalue weighted by Crippen LogP contribution is -1.87. The van der Waals surface area contributed by atoms with Crippen molar-refractivity contribution in [2.24, 2.45) is 15.3 Å². The zero-order chi connectivity index (χ0) is 17.4. The van der Waals surface area contributed by atoms with Crippen LogP contribution in [-0.2, 0) is 5.75 Å². The number of benzene rings is 3. The summed E-state index contributed by atoms with van der Waals surface area (Å²) < 4.78 is 3.98. The van der Waals surface area contributed by atoms with E-state index in [1.54, 1.807) is 0 Å². The van der Waals surface area contributed by atoms with Crippen molar-refractivity contribution >= 4 is 53.5 Å². The van der Waals surface area contributed by atoms with E-state index < -0.39 is 0 Å². The fourth-order valence-corrected chi connectivity index (χ4v) is 3.07. The summed E-state index contributed by atoms with van der Waals surface area (Å²) in [6.45, 7) is 0. The van der Waals surface area contributed by atoms with E-state index in [-0.39, 0.29) is 0 Å². The van der Waals surface area contributed by atoms with Crippen LogP contribution >= 0.6 is 36.4 Å². The quantitative estimate of drug-likeness (QED) is 0.257. The monoisotopic (exact) mass is 375 g/mol. The van der Waals surface area contributed by atoms with E-state index in [9.17, 15) is 0 Å². The summed E-state index contributed by atoms with van der Waals surface area (Å²) >= 11 is 10.5. The molecule has 0 fully saturated rings. The minimum atomic E-state index is 0.753. The molecule has 0 bridgehead atoms. The Hall–Kier alpha value is -1.66. The average Bonchev–Trinajstić information content (AvgIpc) is 2.64. The van der Waals surface area contributed by atoms with E-state index in [1.807, 2.05) is 12.1 Å². The van der Waals surface area contributed by atoms with Crippen LogP contribution in [0, 0.1) is 0 Å². The summed E-state index contributed by atoms with van der Waals surface area (Å²) in [5.74, 6) is 0.814. The first-order valence-corrected chi connectivity index (χ1v) is 9.00. The molecule has 0 saturated carbocycles. The van der Waals surface area contributed by atoms with Crippen molar-refractivity contribution in [1.29, 1.82) is 0 Å². The lowest BCUT2D eigenvalue weighted by molar-refractivity contribution is 1.44. The van der Waals surface area contributed by atoms with Gasteiger partial charge in [0.05, 0.1) is 6.34 Å². The normalized spacial score (nSPS) is 10.6. The van der Waals surface area contributed by atoms with Gasteiger partial charge in [0.25, 0.3) is 0 Å². The number of nitrogens with two attached hydrogens (primary N) is 2. The Labute approximate surface area is 156 Å². The second kappa shape index (κ2) is 9.59. The molecule has 3 rings (SSSR count). The van der Waals surface area contributed by atoms with Gasteiger partial charge in [0.15, 0.2) is 0 Å². The zero-order valence-corrected chi connectivity index (χ0v) is 15.4. The zero-order valence-electron chi connectivity index (χ0n) is 12.9. The Morgan fingerprint density at radius 2 is 1.79 bits per heavy atom. The van der Waals surface area contributed by atoms with Gasteiger partial charge in [-0.3, -0.25) is 5.14 Å². The van der Waals surface area contributed by atoms with Crippen LogP contribution in [0.3, 0.4) is 0 Å². The van der Waals surface area contributed by atoms with Crippen molar-refractivity contribution < 1.29 is 0 Å². The molecule has 0 aliphatic carbocycles. The molecule has 0 aromatic heterocycles. The second-order valence-corrected chi connectivity index (χ2v) is 6.09. The van der Waals surface area contributed by atoms with Gasteiger partial charge >= 0.3 is 0 Å². The first kappa shape index (κ1) is 18.7. The van der Waals surface area contributed by atoms with Gasteiger partial charge in [0.2, 0.25) is 0 Å². The van der Waals surface area contributed by atoms with Crippen molar-refractivity contribution in [3.8, 4) is 11.1 Å². The molecule has 0 spiro atoms. The topological polar surface area (TPSA) is 64.4 Å². The standard InChI is InChI=1S/C18H15ClN2S.H3NS/c19-16-7-5-14(6-8-16)17-3-1-2-15-10-13(4-9-18(15)17)11-22-21-12-20;1-2/h1-10,12H,11H2,(H2,20,21);2H,1H2. The summed E-state index contributed by atoms with van der Waals surface area (Å²) in [4.78, 5) is 0. The molecule has 124 valence electrons. The van der Waals surface area contributed by atoms with Gasteiger partial charge in [0, 0.05) is 10.8 Å². The fourth-order valence-electron chi connectivity index (χ4n) is 2.46. The van der Waals surface area contributed by atoms with Crippen molar-refractivity contribution in [2.45, 2.75) is 5.75 Å². The minimum Gasteiger partial charge on any atom is -0.389 e. The van der Waals surface area contributed by atoms with Crippen molar-refractivity contribution in [3.05, 3.63) is 71.2 Å². The average molecular weight is 376 g/mol. The first-order valence-electron chi connectivity index (χ1n) is 7.17. The highest BCUT2D eigenvalue weighted by molar-refractivity contribution is 7.97. The van der Waals surface area contributed by atoms with Gasteiger partial charge in [-0.15, -0.1) is 12.8 Å². The maximum Gasteiger partial charge on any atom is 0.0937 e. The predicted octanol–water partition coefficient (Wildman–Crippen LogP) is 5.09. The van der Waals surface area contributed by atoms with Gasteiger partial charge < -0.3 is 5.73 Å². The smallest absolute Gasteiger partial charge is 0.0937 e. The van der Waals surface area contributed by atoms with Crippen LogP contribution in [0.4, 0.5) is 0 Å². The highest BCUT2D eigenvalue weighted by Crippen LogP contribution is 2.30. The number of thiol groups is 1. The van der Waals surface area contributed by atoms with Gasteiger partial charge in [-0.1, -0.05) is 60.1 Å². The van der Waals surface area contributed by atoms with Crippen LogP contribution in [0.25, 0.3) is 21.9 Å². The van der Waals surface area contributed by atoms with E-state index >= 15 is 0 Å². The number of fused-ring (bicyclic) bond motifs is 1. The maximum atomic E-state index is 5.98. The maximum absolute atomic E-state index is 5.98. The largest absolute Gasteiger partial charge is 0.389 e. The lowest BCUT2D eigenvalue weighted by Gasteiger charge is -2.08. The SMILES string of the molecule is N/C=N\SCc1ccc2c(-c3ccc(Cl)cc3)cccc2c1.NS. The second-order valence-electron chi connectivity index (χ2n) is 4.90. The molecule has 0 amide bonds. The number of rotatable bonds is 4. The predicted molar refractivity (Wildman–Crippen MR) is 112 cm³/mol. The molecule has 4 N–H and O–H groups in total. The first-order chi connectivity index (χ1) is 11.8. The highest BCUT2D eigenvalue weighted by Gasteiger charge is 2.04. The van der Waals surface area contributed by atoms with Crippen molar-refractivity contribution in [3.63, 3.8) is 0 Å². The summed E-state index contributed by atoms with van der Waals surface area (Å²) in [5.41, 5.74) is 8.88. The molecule has 0 heterocycles. The number of hydrogen-bond donors (Lipinski definition) is 3. The Bertz CT molecular complexity index is 820. The number of halogens is 1. The lowest BCUT2D eigenvalue weighted by atomic mass is 9.97. The molecule has 3 aromatic rings. The van der Waals surface area contributed by atoms with Gasteiger partial charge in [0.1, 0.15) is 0 Å². The molecule has 0 aliphatic heterocycles. The van der Waals surface area contributed by atoms with Crippen LogP contribution in [0.5, 0.6) is 0 Å². The minimum absolute atomic E-state index is 0.753. The van der Waals surface area contributed by atoms with Crippen LogP contribution < -0.4 is 10.9 Å². The third-order valence-electron chi connectivity index (χ3n) is 3.47. The Morgan fingerprint density at radius 1 is 1.04 bits per heavy atom. The summed E-state index contributed by atoms with van der Waals surface area (Å²) in [7, 11) is 0. The van der Waals surface area contributed by atoms with E-state index in [0.29, 0.717) is 0 Å². The Morgan fingerprint density at radius 3 is 2.50 bits per heavy atom. The van der Waals surface area contributed by atoms with Crippen molar-refractivity contribution in [1.82, 2.24) is 0 Å². The van der Waals surface area contributed by atoms with Crippen LogP contribution in [0.1, 0.15) is 5.56 Å². The third kappa shape index (κ3) is 4.68. The van der Waals surface area contributed by atoms with E-state index in [2.05, 4.69) is 70.9 Å².